The molecule has 4 rings (SSSR count). The summed E-state index contributed by atoms with van der Waals surface area (Å²) in [5.74, 6) is -0.640. The molecule has 0 aliphatic heterocycles. The normalized spacial score (nSPS) is 11.1. The van der Waals surface area contributed by atoms with Crippen LogP contribution in [0.1, 0.15) is 44.9 Å². The number of nitrogens with two attached hydrogens (primary N) is 1. The summed E-state index contributed by atoms with van der Waals surface area (Å²) >= 11 is 1.71. The fraction of sp³-hybridized carbons (Fsp3) is 0.231. The predicted molar refractivity (Wildman–Crippen MR) is 134 cm³/mol. The minimum atomic E-state index is -0.563. The third-order valence-electron chi connectivity index (χ3n) is 5.79. The molecule has 8 heteroatoms. The number of aromatic nitrogens is 3. The number of primary amides is 1. The molecule has 2 aromatic heterocycles. The van der Waals surface area contributed by atoms with Gasteiger partial charge in [0.2, 0.25) is 5.91 Å². The Morgan fingerprint density at radius 3 is 2.50 bits per heavy atom. The molecule has 0 saturated carbocycles. The summed E-state index contributed by atoms with van der Waals surface area (Å²) in [5, 5.41) is 7.20. The van der Waals surface area contributed by atoms with Crippen molar-refractivity contribution in [1.29, 1.82) is 0 Å². The molecule has 7 nitrogen and oxygen atoms in total. The Labute approximate surface area is 202 Å². The lowest BCUT2D eigenvalue weighted by Crippen LogP contribution is -2.15. The maximum absolute atomic E-state index is 12.6. The maximum Gasteiger partial charge on any atom is 0.254 e. The lowest BCUT2D eigenvalue weighted by Gasteiger charge is -2.12. The Balaban J connectivity index is 1.40. The fourth-order valence-corrected chi connectivity index (χ4v) is 4.86. The number of benzene rings is 2. The summed E-state index contributed by atoms with van der Waals surface area (Å²) in [7, 11) is 0. The zero-order valence-corrected chi connectivity index (χ0v) is 20.5. The zero-order chi connectivity index (χ0) is 24.4. The van der Waals surface area contributed by atoms with Crippen molar-refractivity contribution in [2.24, 2.45) is 5.73 Å². The summed E-state index contributed by atoms with van der Waals surface area (Å²) in [6.45, 7) is 7.96. The molecule has 0 aliphatic rings. The van der Waals surface area contributed by atoms with Crippen LogP contribution in [0.3, 0.4) is 0 Å². The van der Waals surface area contributed by atoms with Gasteiger partial charge in [-0.05, 0) is 81.1 Å². The average Bonchev–Trinajstić information content (AvgIpc) is 3.21. The molecule has 0 spiro atoms. The van der Waals surface area contributed by atoms with Crippen LogP contribution in [0.5, 0.6) is 0 Å². The number of amides is 2. The zero-order valence-electron chi connectivity index (χ0n) is 19.7. The predicted octanol–water partition coefficient (Wildman–Crippen LogP) is 4.78. The van der Waals surface area contributed by atoms with E-state index in [1.807, 2.05) is 38.1 Å². The van der Waals surface area contributed by atoms with Gasteiger partial charge in [0.25, 0.3) is 5.91 Å². The number of hydrogen-bond donors (Lipinski definition) is 2. The summed E-state index contributed by atoms with van der Waals surface area (Å²) in [6.07, 6.45) is 2.24. The molecule has 0 atom stereocenters. The van der Waals surface area contributed by atoms with E-state index in [0.717, 1.165) is 27.5 Å². The molecule has 2 aromatic carbocycles. The van der Waals surface area contributed by atoms with Crippen molar-refractivity contribution in [2.75, 3.05) is 5.32 Å². The maximum atomic E-state index is 12.6. The number of nitrogens with one attached hydrogen (secondary N) is 1. The largest absolute Gasteiger partial charge is 0.365 e. The molecule has 0 saturated heterocycles. The molecule has 0 radical (unpaired) electrons. The van der Waals surface area contributed by atoms with Gasteiger partial charge in [0.1, 0.15) is 5.56 Å². The summed E-state index contributed by atoms with van der Waals surface area (Å²) in [4.78, 5) is 31.0. The SMILES string of the molecule is Cc1ccc(C)c(Sc2ccc(NC(=O)CCc3c(C)nc4c(C(N)=O)cnn4c3C)cc2)c1. The molecule has 0 bridgehead atoms. The van der Waals surface area contributed by atoms with E-state index >= 15 is 0 Å². The van der Waals surface area contributed by atoms with Crippen LogP contribution in [-0.2, 0) is 11.2 Å². The Hall–Kier alpha value is -3.65. The summed E-state index contributed by atoms with van der Waals surface area (Å²) in [5.41, 5.74) is 11.9. The van der Waals surface area contributed by atoms with Crippen molar-refractivity contribution in [1.82, 2.24) is 14.6 Å². The van der Waals surface area contributed by atoms with Gasteiger partial charge in [-0.25, -0.2) is 9.50 Å². The summed E-state index contributed by atoms with van der Waals surface area (Å²) < 4.78 is 1.60. The monoisotopic (exact) mass is 473 g/mol. The number of rotatable bonds is 7. The minimum absolute atomic E-state index is 0.0767. The molecule has 0 aliphatic carbocycles. The van der Waals surface area contributed by atoms with Crippen molar-refractivity contribution < 1.29 is 9.59 Å². The van der Waals surface area contributed by atoms with Gasteiger partial charge in [-0.3, -0.25) is 9.59 Å². The van der Waals surface area contributed by atoms with Crippen LogP contribution in [0.15, 0.2) is 58.5 Å². The highest BCUT2D eigenvalue weighted by Gasteiger charge is 2.17. The van der Waals surface area contributed by atoms with E-state index < -0.39 is 5.91 Å². The van der Waals surface area contributed by atoms with E-state index in [9.17, 15) is 9.59 Å². The van der Waals surface area contributed by atoms with Crippen molar-refractivity contribution in [3.63, 3.8) is 0 Å². The van der Waals surface area contributed by atoms with E-state index in [2.05, 4.69) is 47.4 Å². The second kappa shape index (κ2) is 9.69. The Morgan fingerprint density at radius 2 is 1.79 bits per heavy atom. The first-order valence-corrected chi connectivity index (χ1v) is 11.8. The molecule has 2 amide bonds. The van der Waals surface area contributed by atoms with E-state index in [0.29, 0.717) is 18.5 Å². The topological polar surface area (TPSA) is 102 Å². The van der Waals surface area contributed by atoms with Crippen LogP contribution in [0, 0.1) is 27.7 Å². The van der Waals surface area contributed by atoms with Crippen LogP contribution in [0.4, 0.5) is 5.69 Å². The van der Waals surface area contributed by atoms with Crippen molar-refractivity contribution >= 4 is 34.9 Å². The second-order valence-electron chi connectivity index (χ2n) is 8.36. The number of nitrogens with zero attached hydrogens (tertiary/aromatic N) is 3. The second-order valence-corrected chi connectivity index (χ2v) is 9.48. The highest BCUT2D eigenvalue weighted by molar-refractivity contribution is 7.99. The van der Waals surface area contributed by atoms with E-state index in [4.69, 9.17) is 5.73 Å². The van der Waals surface area contributed by atoms with Crippen LogP contribution in [-0.4, -0.2) is 26.4 Å². The molecule has 0 unspecified atom stereocenters. The molecule has 3 N–H and O–H groups in total. The van der Waals surface area contributed by atoms with Gasteiger partial charge < -0.3 is 11.1 Å². The number of carbonyl (C=O) groups is 2. The number of hydrogen-bond acceptors (Lipinski definition) is 5. The molecule has 4 aromatic rings. The number of carbonyl (C=O) groups excluding carboxylic acids is 2. The molecule has 34 heavy (non-hydrogen) atoms. The van der Waals surface area contributed by atoms with E-state index in [-0.39, 0.29) is 11.5 Å². The molecule has 0 fully saturated rings. The smallest absolute Gasteiger partial charge is 0.254 e. The first kappa shape index (κ1) is 23.5. The number of fused-ring (bicyclic) bond motifs is 1. The Kier molecular flexibility index (Phi) is 6.70. The van der Waals surface area contributed by atoms with Crippen LogP contribution in [0.2, 0.25) is 0 Å². The highest BCUT2D eigenvalue weighted by atomic mass is 32.2. The molecular weight excluding hydrogens is 446 g/mol. The average molecular weight is 474 g/mol. The molecule has 2 heterocycles. The van der Waals surface area contributed by atoms with Crippen LogP contribution < -0.4 is 11.1 Å². The lowest BCUT2D eigenvalue weighted by molar-refractivity contribution is -0.116. The summed E-state index contributed by atoms with van der Waals surface area (Å²) in [6, 6.07) is 14.3. The van der Waals surface area contributed by atoms with Gasteiger partial charge in [-0.1, -0.05) is 23.9 Å². The first-order valence-electron chi connectivity index (χ1n) is 11.0. The minimum Gasteiger partial charge on any atom is -0.365 e. The van der Waals surface area contributed by atoms with Crippen LogP contribution in [0.25, 0.3) is 5.65 Å². The van der Waals surface area contributed by atoms with Crippen molar-refractivity contribution in [3.05, 3.63) is 82.3 Å². The fourth-order valence-electron chi connectivity index (χ4n) is 3.86. The number of anilines is 1. The van der Waals surface area contributed by atoms with E-state index in [1.54, 1.807) is 16.3 Å². The Bertz CT molecular complexity index is 1390. The van der Waals surface area contributed by atoms with Crippen molar-refractivity contribution in [2.45, 2.75) is 50.3 Å². The molecular formula is C26H27N5O2S. The van der Waals surface area contributed by atoms with Gasteiger partial charge in [0, 0.05) is 33.3 Å². The van der Waals surface area contributed by atoms with Gasteiger partial charge in [-0.15, -0.1) is 0 Å². The van der Waals surface area contributed by atoms with Gasteiger partial charge in [0.05, 0.1) is 6.20 Å². The van der Waals surface area contributed by atoms with Gasteiger partial charge in [-0.2, -0.15) is 5.10 Å². The lowest BCUT2D eigenvalue weighted by atomic mass is 10.1. The third-order valence-corrected chi connectivity index (χ3v) is 6.95. The van der Waals surface area contributed by atoms with Crippen LogP contribution >= 0.6 is 11.8 Å². The van der Waals surface area contributed by atoms with Gasteiger partial charge >= 0.3 is 0 Å². The highest BCUT2D eigenvalue weighted by Crippen LogP contribution is 2.31. The van der Waals surface area contributed by atoms with E-state index in [1.165, 1.54) is 22.2 Å². The Morgan fingerprint density at radius 1 is 1.06 bits per heavy atom. The standard InChI is InChI=1S/C26H27N5O2S/c1-15-5-6-16(2)23(13-15)34-20-9-7-19(8-10-20)30-24(32)12-11-21-17(3)29-26-22(25(27)33)14-28-31(26)18(21)4/h5-10,13-14H,11-12H2,1-4H3,(H2,27,33)(H,30,32). The van der Waals surface area contributed by atoms with Gasteiger partial charge in [0.15, 0.2) is 5.65 Å². The quantitative estimate of drug-likeness (QED) is 0.402. The first-order chi connectivity index (χ1) is 16.2. The van der Waals surface area contributed by atoms with Crippen molar-refractivity contribution in [3.8, 4) is 0 Å². The third kappa shape index (κ3) is 4.97. The number of aryl methyl sites for hydroxylation is 4. The molecule has 174 valence electrons.